The molecule has 2 rings (SSSR count). The van der Waals surface area contributed by atoms with Gasteiger partial charge in [-0.2, -0.15) is 0 Å². The summed E-state index contributed by atoms with van der Waals surface area (Å²) in [6, 6.07) is 3.98. The van der Waals surface area contributed by atoms with Crippen molar-refractivity contribution in [3.05, 3.63) is 39.9 Å². The lowest BCUT2D eigenvalue weighted by molar-refractivity contribution is 0.762. The van der Waals surface area contributed by atoms with Crippen LogP contribution < -0.4 is 0 Å². The van der Waals surface area contributed by atoms with Gasteiger partial charge < -0.3 is 0 Å². The van der Waals surface area contributed by atoms with Gasteiger partial charge in [0.05, 0.1) is 0 Å². The van der Waals surface area contributed by atoms with E-state index in [9.17, 15) is 0 Å². The predicted octanol–water partition coefficient (Wildman–Crippen LogP) is 5.37. The molecule has 10 heteroatoms. The summed E-state index contributed by atoms with van der Waals surface area (Å²) < 4.78 is -3.63. The maximum Gasteiger partial charge on any atom is 0.250 e. The molecule has 0 atom stereocenters. The lowest BCUT2D eigenvalue weighted by Crippen LogP contribution is -2.18. The minimum Gasteiger partial charge on any atom is -0.213 e. The average molecular weight is 426 g/mol. The molecule has 0 amide bonds. The number of halogens is 6. The number of alkyl halides is 6. The Morgan fingerprint density at radius 3 is 1.86 bits per heavy atom. The van der Waals surface area contributed by atoms with Crippen molar-refractivity contribution in [3.63, 3.8) is 0 Å². The summed E-state index contributed by atoms with van der Waals surface area (Å²) in [5.74, 6) is 0.274. The van der Waals surface area contributed by atoms with Crippen LogP contribution in [0.2, 0.25) is 0 Å². The molecule has 0 aromatic carbocycles. The fraction of sp³-hybridized carbons (Fsp3) is 0.364. The summed E-state index contributed by atoms with van der Waals surface area (Å²) >= 11 is 36.5. The summed E-state index contributed by atoms with van der Waals surface area (Å²) in [7, 11) is 0. The van der Waals surface area contributed by atoms with Crippen molar-refractivity contribution in [1.29, 1.82) is 0 Å². The SMILES string of the molecule is ClC(Cl)(Cl)c1nc(CCc2cccs2)nc(C(Cl)(Cl)Cl)n1. The first-order valence-corrected chi connectivity index (χ1v) is 8.73. The van der Waals surface area contributed by atoms with Crippen LogP contribution in [0.5, 0.6) is 0 Å². The van der Waals surface area contributed by atoms with Crippen molar-refractivity contribution in [2.75, 3.05) is 0 Å². The predicted molar refractivity (Wildman–Crippen MR) is 90.0 cm³/mol. The Bertz CT molecular complexity index is 573. The van der Waals surface area contributed by atoms with E-state index < -0.39 is 7.59 Å². The zero-order chi connectivity index (χ0) is 15.7. The van der Waals surface area contributed by atoms with Crippen LogP contribution in [0.15, 0.2) is 17.5 Å². The molecule has 3 nitrogen and oxygen atoms in total. The Morgan fingerprint density at radius 2 is 1.43 bits per heavy atom. The molecular weight excluding hydrogens is 419 g/mol. The number of thiophene rings is 1. The molecule has 2 aromatic rings. The van der Waals surface area contributed by atoms with Gasteiger partial charge in [-0.15, -0.1) is 11.3 Å². The molecule has 0 radical (unpaired) electrons. The molecule has 0 unspecified atom stereocenters. The molecule has 0 N–H and O–H groups in total. The summed E-state index contributed by atoms with van der Waals surface area (Å²) in [4.78, 5) is 13.3. The highest BCUT2D eigenvalue weighted by Crippen LogP contribution is 2.39. The fourth-order valence-corrected chi connectivity index (χ4v) is 2.69. The highest BCUT2D eigenvalue weighted by molar-refractivity contribution is 7.09. The Kier molecular flexibility index (Phi) is 5.86. The topological polar surface area (TPSA) is 38.7 Å². The number of aryl methyl sites for hydroxylation is 2. The first-order chi connectivity index (χ1) is 9.66. The molecular formula is C11H7Cl6N3S. The molecule has 0 aliphatic rings. The summed E-state index contributed by atoms with van der Waals surface area (Å²) in [6.45, 7) is 0. The van der Waals surface area contributed by atoms with E-state index in [1.165, 1.54) is 4.88 Å². The third-order valence-electron chi connectivity index (χ3n) is 2.36. The second-order valence-electron chi connectivity index (χ2n) is 3.97. The second-order valence-corrected chi connectivity index (χ2v) is 9.57. The monoisotopic (exact) mass is 423 g/mol. The van der Waals surface area contributed by atoms with E-state index in [1.54, 1.807) is 11.3 Å². The molecule has 0 spiro atoms. The van der Waals surface area contributed by atoms with Gasteiger partial charge in [0.2, 0.25) is 7.59 Å². The molecule has 0 fully saturated rings. The van der Waals surface area contributed by atoms with Gasteiger partial charge in [-0.25, -0.2) is 15.0 Å². The molecule has 114 valence electrons. The van der Waals surface area contributed by atoms with Crippen LogP contribution in [0.3, 0.4) is 0 Å². The van der Waals surface area contributed by atoms with Crippen LogP contribution in [0, 0.1) is 0 Å². The largest absolute Gasteiger partial charge is 0.250 e. The van der Waals surface area contributed by atoms with Gasteiger partial charge in [0.15, 0.2) is 11.6 Å². The van der Waals surface area contributed by atoms with E-state index in [1.807, 2.05) is 17.5 Å². The second kappa shape index (κ2) is 6.91. The molecule has 0 saturated heterocycles. The van der Waals surface area contributed by atoms with E-state index in [2.05, 4.69) is 15.0 Å². The normalized spacial score (nSPS) is 12.7. The van der Waals surface area contributed by atoms with Gasteiger partial charge in [0.1, 0.15) is 5.82 Å². The number of nitrogens with zero attached hydrogens (tertiary/aromatic N) is 3. The van der Waals surface area contributed by atoms with Crippen molar-refractivity contribution < 1.29 is 0 Å². The van der Waals surface area contributed by atoms with E-state index in [0.29, 0.717) is 12.2 Å². The fourth-order valence-electron chi connectivity index (χ4n) is 1.47. The lowest BCUT2D eigenvalue weighted by Gasteiger charge is -2.15. The zero-order valence-corrected chi connectivity index (χ0v) is 15.5. The van der Waals surface area contributed by atoms with Crippen molar-refractivity contribution in [2.24, 2.45) is 0 Å². The maximum absolute atomic E-state index is 5.80. The van der Waals surface area contributed by atoms with Crippen molar-refractivity contribution >= 4 is 80.9 Å². The van der Waals surface area contributed by atoms with Gasteiger partial charge in [-0.3, -0.25) is 0 Å². The summed E-state index contributed by atoms with van der Waals surface area (Å²) in [5, 5.41) is 1.99. The number of hydrogen-bond donors (Lipinski definition) is 0. The molecule has 0 aliphatic heterocycles. The molecule has 21 heavy (non-hydrogen) atoms. The minimum atomic E-state index is -1.81. The van der Waals surface area contributed by atoms with Crippen LogP contribution in [0.25, 0.3) is 0 Å². The Balaban J connectivity index is 2.31. The number of rotatable bonds is 3. The lowest BCUT2D eigenvalue weighted by atomic mass is 10.2. The molecule has 0 bridgehead atoms. The number of hydrogen-bond acceptors (Lipinski definition) is 4. The van der Waals surface area contributed by atoms with Crippen molar-refractivity contribution in [2.45, 2.75) is 20.4 Å². The van der Waals surface area contributed by atoms with Gasteiger partial charge in [0, 0.05) is 11.3 Å². The van der Waals surface area contributed by atoms with Crippen LogP contribution in [-0.4, -0.2) is 15.0 Å². The van der Waals surface area contributed by atoms with Crippen LogP contribution in [-0.2, 0) is 20.4 Å². The van der Waals surface area contributed by atoms with Gasteiger partial charge in [-0.1, -0.05) is 75.7 Å². The maximum atomic E-state index is 5.80. The van der Waals surface area contributed by atoms with Crippen LogP contribution in [0.4, 0.5) is 0 Å². The molecule has 0 saturated carbocycles. The number of aromatic nitrogens is 3. The van der Waals surface area contributed by atoms with Gasteiger partial charge in [0.25, 0.3) is 0 Å². The molecule has 0 aliphatic carbocycles. The summed E-state index contributed by atoms with van der Waals surface area (Å²) in [6.07, 6.45) is 1.25. The Labute approximate surface area is 155 Å². The molecule has 2 heterocycles. The first-order valence-electron chi connectivity index (χ1n) is 5.58. The minimum absolute atomic E-state index is 0.0648. The highest BCUT2D eigenvalue weighted by Gasteiger charge is 2.33. The Morgan fingerprint density at radius 1 is 0.857 bits per heavy atom. The van der Waals surface area contributed by atoms with Crippen LogP contribution >= 0.6 is 80.9 Å². The third kappa shape index (κ3) is 5.24. The quantitative estimate of drug-likeness (QED) is 0.620. The summed E-state index contributed by atoms with van der Waals surface area (Å²) in [5.41, 5.74) is 0. The Hall–Kier alpha value is 0.450. The van der Waals surface area contributed by atoms with Gasteiger partial charge >= 0.3 is 0 Å². The van der Waals surface area contributed by atoms with Crippen LogP contribution in [0.1, 0.15) is 22.4 Å². The van der Waals surface area contributed by atoms with E-state index in [4.69, 9.17) is 69.6 Å². The van der Waals surface area contributed by atoms with E-state index in [0.717, 1.165) is 6.42 Å². The van der Waals surface area contributed by atoms with Crippen molar-refractivity contribution in [3.8, 4) is 0 Å². The average Bonchev–Trinajstić information content (AvgIpc) is 2.87. The van der Waals surface area contributed by atoms with E-state index >= 15 is 0 Å². The molecule has 2 aromatic heterocycles. The first kappa shape index (κ1) is 17.8. The third-order valence-corrected chi connectivity index (χ3v) is 4.31. The standard InChI is InChI=1S/C11H7Cl6N3S/c12-10(13,14)8-18-7(4-3-6-2-1-5-21-6)19-9(20-8)11(15,16)17/h1-2,5H,3-4H2. The van der Waals surface area contributed by atoms with Crippen molar-refractivity contribution in [1.82, 2.24) is 15.0 Å². The highest BCUT2D eigenvalue weighted by atomic mass is 35.6. The van der Waals surface area contributed by atoms with E-state index in [-0.39, 0.29) is 11.6 Å². The smallest absolute Gasteiger partial charge is 0.213 e. The van der Waals surface area contributed by atoms with Gasteiger partial charge in [-0.05, 0) is 17.9 Å². The zero-order valence-electron chi connectivity index (χ0n) is 10.2.